The molecule has 8 aromatic rings. The van der Waals surface area contributed by atoms with Gasteiger partial charge in [-0.15, -0.1) is 0 Å². The van der Waals surface area contributed by atoms with Crippen LogP contribution in [0.15, 0.2) is 194 Å². The van der Waals surface area contributed by atoms with Crippen LogP contribution in [0.5, 0.6) is 0 Å². The molecule has 2 N–H and O–H groups in total. The molecule has 0 aromatic heterocycles. The topological polar surface area (TPSA) is 40.5 Å². The highest BCUT2D eigenvalue weighted by Gasteiger charge is 2.09. The fourth-order valence-electron chi connectivity index (χ4n) is 6.09. The Morgan fingerprint density at radius 2 is 0.300 bits per heavy atom. The number of aliphatic hydroxyl groups is 2. The lowest BCUT2D eigenvalue weighted by Crippen LogP contribution is -2.04. The average molecular weight is 937 g/mol. The highest BCUT2D eigenvalue weighted by molar-refractivity contribution is 5.26. The van der Waals surface area contributed by atoms with Crippen LogP contribution < -0.4 is 0 Å². The number of benzene rings is 8. The number of rotatable bonds is 5. The number of hydrogen-bond donors (Lipinski definition) is 2. The first-order chi connectivity index (χ1) is 33.3. The second-order valence-electron chi connectivity index (χ2n) is 18.7. The summed E-state index contributed by atoms with van der Waals surface area (Å²) >= 11 is 0. The first-order valence-electron chi connectivity index (χ1n) is 24.8. The van der Waals surface area contributed by atoms with Gasteiger partial charge in [0.1, 0.15) is 0 Å². The van der Waals surface area contributed by atoms with Crippen LogP contribution in [0.3, 0.4) is 0 Å². The molecule has 0 saturated heterocycles. The van der Waals surface area contributed by atoms with Crippen molar-refractivity contribution in [3.8, 4) is 0 Å². The van der Waals surface area contributed by atoms with Crippen molar-refractivity contribution >= 4 is 0 Å². The van der Waals surface area contributed by atoms with Gasteiger partial charge in [0.25, 0.3) is 0 Å². The zero-order chi connectivity index (χ0) is 52.3. The van der Waals surface area contributed by atoms with E-state index in [1.165, 1.54) is 89.0 Å². The molecule has 2 heteroatoms. The summed E-state index contributed by atoms with van der Waals surface area (Å²) in [5.41, 5.74) is 21.1. The molecule has 8 rings (SSSR count). The first kappa shape index (κ1) is 61.7. The van der Waals surface area contributed by atoms with Gasteiger partial charge in [-0.25, -0.2) is 0 Å². The maximum Gasteiger partial charge on any atom is 0.0436 e. The molecule has 0 bridgehead atoms. The summed E-state index contributed by atoms with van der Waals surface area (Å²) in [6, 6.07) is 67.7. The van der Waals surface area contributed by atoms with E-state index < -0.39 is 0 Å². The molecule has 0 radical (unpaired) electrons. The summed E-state index contributed by atoms with van der Waals surface area (Å²) in [6.07, 6.45) is 1.45. The predicted molar refractivity (Wildman–Crippen MR) is 309 cm³/mol. The molecule has 2 nitrogen and oxygen atoms in total. The van der Waals surface area contributed by atoms with E-state index >= 15 is 0 Å². The highest BCUT2D eigenvalue weighted by atomic mass is 16.3. The molecule has 0 aliphatic carbocycles. The van der Waals surface area contributed by atoms with Crippen LogP contribution in [-0.2, 0) is 0 Å². The van der Waals surface area contributed by atoms with E-state index in [9.17, 15) is 0 Å². The van der Waals surface area contributed by atoms with E-state index in [0.717, 1.165) is 12.8 Å². The molecular formula is C68H88O2. The van der Waals surface area contributed by atoms with Gasteiger partial charge in [-0.3, -0.25) is 0 Å². The van der Waals surface area contributed by atoms with Crippen LogP contribution >= 0.6 is 0 Å². The van der Waals surface area contributed by atoms with Crippen LogP contribution in [-0.4, -0.2) is 23.4 Å². The summed E-state index contributed by atoms with van der Waals surface area (Å²) in [7, 11) is 0. The standard InChI is InChI=1S/C12H18O2.7C8H10/c1-10-2-4-11(5-3-10)12(6-8-13)7-9-14;7*1-7-3-5-8(2)6-4-7/h2-5,12-14H,6-9H2,1H3;7*3-6H,1-2H3. The normalized spacial score (nSPS) is 9.57. The second kappa shape index (κ2) is 36.6. The number of aliphatic hydroxyl groups excluding tert-OH is 2. The average Bonchev–Trinajstić information content (AvgIpc) is 3.35. The smallest absolute Gasteiger partial charge is 0.0436 e. The van der Waals surface area contributed by atoms with Crippen LogP contribution in [0.25, 0.3) is 0 Å². The number of aryl methyl sites for hydroxylation is 15. The van der Waals surface area contributed by atoms with E-state index in [1.54, 1.807) is 0 Å². The van der Waals surface area contributed by atoms with Gasteiger partial charge in [-0.05, 0) is 128 Å². The van der Waals surface area contributed by atoms with Crippen LogP contribution in [0.4, 0.5) is 0 Å². The second-order valence-corrected chi connectivity index (χ2v) is 18.7. The van der Waals surface area contributed by atoms with Crippen molar-refractivity contribution < 1.29 is 10.2 Å². The van der Waals surface area contributed by atoms with Crippen molar-refractivity contribution in [1.29, 1.82) is 0 Å². The van der Waals surface area contributed by atoms with Crippen LogP contribution in [0.1, 0.15) is 108 Å². The van der Waals surface area contributed by atoms with Crippen molar-refractivity contribution in [3.05, 3.63) is 283 Å². The van der Waals surface area contributed by atoms with E-state index in [4.69, 9.17) is 10.2 Å². The third kappa shape index (κ3) is 32.4. The predicted octanol–water partition coefficient (Wildman–Crippen LogP) is 18.0. The Morgan fingerprint density at radius 1 is 0.200 bits per heavy atom. The molecule has 0 fully saturated rings. The third-order valence-corrected chi connectivity index (χ3v) is 11.0. The minimum Gasteiger partial charge on any atom is -0.396 e. The zero-order valence-electron chi connectivity index (χ0n) is 45.8. The lowest BCUT2D eigenvalue weighted by atomic mass is 9.92. The fourth-order valence-corrected chi connectivity index (χ4v) is 6.09. The van der Waals surface area contributed by atoms with Crippen molar-refractivity contribution in [2.24, 2.45) is 0 Å². The van der Waals surface area contributed by atoms with Crippen LogP contribution in [0.2, 0.25) is 0 Å². The summed E-state index contributed by atoms with van der Waals surface area (Å²) in [5, 5.41) is 17.8. The maximum absolute atomic E-state index is 8.90. The molecule has 0 amide bonds. The SMILES string of the molecule is Cc1ccc(C(CCO)CCO)cc1.Cc1ccc(C)cc1.Cc1ccc(C)cc1.Cc1ccc(C)cc1.Cc1ccc(C)cc1.Cc1ccc(C)cc1.Cc1ccc(C)cc1.Cc1ccc(C)cc1. The monoisotopic (exact) mass is 937 g/mol. The molecule has 0 aliphatic rings. The maximum atomic E-state index is 8.90. The molecule has 0 unspecified atom stereocenters. The van der Waals surface area contributed by atoms with E-state index in [1.807, 2.05) is 0 Å². The molecular weight excluding hydrogens is 849 g/mol. The Hall–Kier alpha value is -6.32. The first-order valence-corrected chi connectivity index (χ1v) is 24.8. The summed E-state index contributed by atoms with van der Waals surface area (Å²) < 4.78 is 0. The van der Waals surface area contributed by atoms with Crippen molar-refractivity contribution in [2.75, 3.05) is 13.2 Å². The van der Waals surface area contributed by atoms with Gasteiger partial charge in [-0.1, -0.05) is 278 Å². The molecule has 0 heterocycles. The van der Waals surface area contributed by atoms with Gasteiger partial charge in [-0.2, -0.15) is 0 Å². The Balaban J connectivity index is 0.000000404. The highest BCUT2D eigenvalue weighted by Crippen LogP contribution is 2.23. The van der Waals surface area contributed by atoms with Crippen LogP contribution in [0, 0.1) is 104 Å². The van der Waals surface area contributed by atoms with Gasteiger partial charge < -0.3 is 10.2 Å². The lowest BCUT2D eigenvalue weighted by Gasteiger charge is -2.14. The van der Waals surface area contributed by atoms with Gasteiger partial charge in [0, 0.05) is 13.2 Å². The largest absolute Gasteiger partial charge is 0.396 e. The molecule has 0 spiro atoms. The van der Waals surface area contributed by atoms with Gasteiger partial charge >= 0.3 is 0 Å². The van der Waals surface area contributed by atoms with E-state index in [-0.39, 0.29) is 19.1 Å². The molecule has 0 saturated carbocycles. The van der Waals surface area contributed by atoms with Crippen molar-refractivity contribution in [1.82, 2.24) is 0 Å². The molecule has 70 heavy (non-hydrogen) atoms. The molecule has 8 aromatic carbocycles. The number of hydrogen-bond acceptors (Lipinski definition) is 2. The van der Waals surface area contributed by atoms with Gasteiger partial charge in [0.2, 0.25) is 0 Å². The summed E-state index contributed by atoms with van der Waals surface area (Å²) in [6.45, 7) is 31.8. The molecule has 372 valence electrons. The summed E-state index contributed by atoms with van der Waals surface area (Å²) in [4.78, 5) is 0. The zero-order valence-corrected chi connectivity index (χ0v) is 45.8. The minimum absolute atomic E-state index is 0.179. The quantitative estimate of drug-likeness (QED) is 0.181. The van der Waals surface area contributed by atoms with E-state index in [0.29, 0.717) is 0 Å². The Kier molecular flexibility index (Phi) is 32.3. The Bertz CT molecular complexity index is 1880. The molecule has 0 aliphatic heterocycles. The minimum atomic E-state index is 0.179. The van der Waals surface area contributed by atoms with E-state index in [2.05, 4.69) is 298 Å². The fraction of sp³-hybridized carbons (Fsp3) is 0.294. The van der Waals surface area contributed by atoms with Crippen molar-refractivity contribution in [2.45, 2.75) is 123 Å². The van der Waals surface area contributed by atoms with Crippen molar-refractivity contribution in [3.63, 3.8) is 0 Å². The molecule has 0 atom stereocenters. The Morgan fingerprint density at radius 3 is 0.400 bits per heavy atom. The van der Waals surface area contributed by atoms with Gasteiger partial charge in [0.05, 0.1) is 0 Å². The summed E-state index contributed by atoms with van der Waals surface area (Å²) in [5.74, 6) is 0.283. The van der Waals surface area contributed by atoms with Gasteiger partial charge in [0.15, 0.2) is 0 Å². The Labute approximate surface area is 427 Å². The lowest BCUT2D eigenvalue weighted by molar-refractivity contribution is 0.242. The third-order valence-electron chi connectivity index (χ3n) is 11.0.